The number of imidazole rings is 1. The Morgan fingerprint density at radius 2 is 2.03 bits per heavy atom. The largest absolute Gasteiger partial charge is 0.500 e. The number of ether oxygens (including phenoxy) is 1. The van der Waals surface area contributed by atoms with Crippen LogP contribution in [0.25, 0.3) is 27.8 Å². The van der Waals surface area contributed by atoms with Gasteiger partial charge in [0.1, 0.15) is 34.8 Å². The zero-order valence-electron chi connectivity index (χ0n) is 17.7. The second-order valence-corrected chi connectivity index (χ2v) is 8.76. The van der Waals surface area contributed by atoms with Crippen LogP contribution in [0.1, 0.15) is 32.6 Å². The first-order chi connectivity index (χ1) is 15.2. The summed E-state index contributed by atoms with van der Waals surface area (Å²) in [5.41, 5.74) is 2.49. The molecule has 1 aliphatic carbocycles. The minimum Gasteiger partial charge on any atom is -0.500 e. The Morgan fingerprint density at radius 3 is 2.78 bits per heavy atom. The van der Waals surface area contributed by atoms with Gasteiger partial charge in [0.05, 0.1) is 11.0 Å². The fraction of sp³-hybridized carbons (Fsp3) is 0.381. The Morgan fingerprint density at radius 1 is 1.25 bits per heavy atom. The molecule has 8 nitrogen and oxygen atoms in total. The van der Waals surface area contributed by atoms with Crippen molar-refractivity contribution < 1.29 is 9.84 Å². The van der Waals surface area contributed by atoms with Gasteiger partial charge in [0, 0.05) is 42.0 Å². The molecule has 11 heteroatoms. The van der Waals surface area contributed by atoms with Crippen molar-refractivity contribution in [2.45, 2.75) is 49.5 Å². The molecule has 5 rings (SSSR count). The lowest BCUT2D eigenvalue weighted by molar-refractivity contribution is 0.0195. The number of pyridine rings is 1. The smallest absolute Gasteiger partial charge is 0.228 e. The van der Waals surface area contributed by atoms with Crippen LogP contribution in [-0.2, 0) is 0 Å². The third kappa shape index (κ3) is 4.21. The molecule has 0 spiro atoms. The highest BCUT2D eigenvalue weighted by Gasteiger charge is 2.29. The fourth-order valence-corrected chi connectivity index (χ4v) is 4.18. The number of aromatic amines is 1. The maximum Gasteiger partial charge on any atom is 0.228 e. The lowest BCUT2D eigenvalue weighted by Crippen LogP contribution is -2.38. The zero-order valence-corrected chi connectivity index (χ0v) is 17.7. The summed E-state index contributed by atoms with van der Waals surface area (Å²) in [7, 11) is 17.2. The first-order valence-corrected chi connectivity index (χ1v) is 10.5. The van der Waals surface area contributed by atoms with Crippen molar-refractivity contribution >= 4 is 46.2 Å². The fourth-order valence-electron chi connectivity index (χ4n) is 4.18. The second kappa shape index (κ2) is 7.58. The highest BCUT2D eigenvalue weighted by molar-refractivity contribution is 6.58. The molecule has 4 aromatic heterocycles. The van der Waals surface area contributed by atoms with Crippen molar-refractivity contribution in [3.8, 4) is 17.0 Å². The van der Waals surface area contributed by atoms with Gasteiger partial charge in [-0.15, -0.1) is 0 Å². The summed E-state index contributed by atoms with van der Waals surface area (Å²) in [5.74, 6) is 0.552. The quantitative estimate of drug-likeness (QED) is 0.425. The molecule has 156 valence electrons. The van der Waals surface area contributed by atoms with Gasteiger partial charge in [-0.2, -0.15) is 9.97 Å². The summed E-state index contributed by atoms with van der Waals surface area (Å²) in [6.45, 7) is 1.86. The van der Waals surface area contributed by atoms with Crippen LogP contribution in [0, 0.1) is 0 Å². The average Bonchev–Trinajstić information content (AvgIpc) is 3.34. The van der Waals surface area contributed by atoms with Crippen LogP contribution in [0.4, 0.5) is 5.95 Å². The van der Waals surface area contributed by atoms with Gasteiger partial charge in [-0.05, 0) is 50.0 Å². The Balaban J connectivity index is 1.54. The first kappa shape index (κ1) is 20.9. The van der Waals surface area contributed by atoms with E-state index < -0.39 is 10.9 Å². The first-order valence-electron chi connectivity index (χ1n) is 10.5. The van der Waals surface area contributed by atoms with Gasteiger partial charge >= 0.3 is 0 Å². The number of hydrogen-bond acceptors (Lipinski definition) is 6. The van der Waals surface area contributed by atoms with Crippen molar-refractivity contribution in [3.63, 3.8) is 0 Å². The topological polar surface area (TPSA) is 100 Å². The summed E-state index contributed by atoms with van der Waals surface area (Å²) >= 11 is 0. The molecule has 0 atom stereocenters. The van der Waals surface area contributed by atoms with E-state index in [1.807, 2.05) is 42.0 Å². The van der Waals surface area contributed by atoms with E-state index in [-0.39, 0.29) is 11.9 Å². The van der Waals surface area contributed by atoms with Gasteiger partial charge in [0.2, 0.25) is 11.8 Å². The highest BCUT2D eigenvalue weighted by atomic mass is 16.5. The number of hydrogen-bond donors (Lipinski definition) is 3. The number of H-pyrrole nitrogens is 1. The number of aromatic nitrogens is 5. The lowest BCUT2D eigenvalue weighted by atomic mass is 9.52. The van der Waals surface area contributed by atoms with E-state index in [1.165, 1.54) is 0 Å². The predicted octanol–water partition coefficient (Wildman–Crippen LogP) is 1.87. The molecule has 4 heterocycles. The number of fused-ring (bicyclic) bond motifs is 2. The zero-order chi connectivity index (χ0) is 22.5. The number of nitrogens with one attached hydrogen (secondary N) is 2. The molecule has 4 aromatic rings. The van der Waals surface area contributed by atoms with Crippen molar-refractivity contribution in [3.05, 3.63) is 36.9 Å². The van der Waals surface area contributed by atoms with Crippen LogP contribution in [0.5, 0.6) is 5.88 Å². The third-order valence-corrected chi connectivity index (χ3v) is 5.87. The molecule has 0 aliphatic heterocycles. The van der Waals surface area contributed by atoms with E-state index in [2.05, 4.69) is 25.3 Å². The minimum atomic E-state index is -1.91. The molecule has 6 radical (unpaired) electrons. The molecule has 0 unspecified atom stereocenters. The van der Waals surface area contributed by atoms with Crippen molar-refractivity contribution in [1.82, 2.24) is 24.3 Å². The molecule has 0 saturated heterocycles. The predicted molar refractivity (Wildman–Crippen MR) is 125 cm³/mol. The second-order valence-electron chi connectivity index (χ2n) is 8.76. The third-order valence-electron chi connectivity index (χ3n) is 5.87. The van der Waals surface area contributed by atoms with Gasteiger partial charge in [0.15, 0.2) is 0 Å². The molecule has 0 amide bonds. The Labute approximate surface area is 189 Å². The van der Waals surface area contributed by atoms with Crippen LogP contribution in [-0.4, -0.2) is 69.9 Å². The molecule has 1 aliphatic rings. The van der Waals surface area contributed by atoms with E-state index in [0.717, 1.165) is 29.6 Å². The minimum absolute atomic E-state index is 0.136. The number of rotatable bonds is 5. The Bertz CT molecular complexity index is 1270. The number of anilines is 1. The SMILES string of the molecule is [B]C([B])([B])Oc1nc(NC2CCC(C)(O)CC2)nc2[nH]cc(-c3ccc4nccn4c3)c12. The van der Waals surface area contributed by atoms with Crippen LogP contribution >= 0.6 is 0 Å². The number of nitrogens with zero attached hydrogens (tertiary/aromatic N) is 4. The van der Waals surface area contributed by atoms with E-state index in [4.69, 9.17) is 28.3 Å². The normalized spacial score (nSPS) is 21.8. The summed E-state index contributed by atoms with van der Waals surface area (Å²) in [6, 6.07) is 4.01. The maximum atomic E-state index is 10.2. The molecular formula is C21H21B3N6O2. The standard InChI is InChI=1S/C21H21B3N6O2/c1-20(31)6-4-13(5-7-20)27-19-28-17-16(18(29-19)32-21(22,23)24)14(10-26-17)12-2-3-15-25-8-9-30(15)11-12/h2-3,8-11,13,31H,4-7H2,1H3,(H2,26,27,28,29). The van der Waals surface area contributed by atoms with Gasteiger partial charge in [0.25, 0.3) is 0 Å². The van der Waals surface area contributed by atoms with Crippen LogP contribution in [0.2, 0.25) is 0 Å². The van der Waals surface area contributed by atoms with Crippen LogP contribution in [0.3, 0.4) is 0 Å². The van der Waals surface area contributed by atoms with Crippen molar-refractivity contribution in [2.75, 3.05) is 5.32 Å². The van der Waals surface area contributed by atoms with E-state index in [9.17, 15) is 5.11 Å². The monoisotopic (exact) mass is 422 g/mol. The molecule has 1 saturated carbocycles. The highest BCUT2D eigenvalue weighted by Crippen LogP contribution is 2.36. The summed E-state index contributed by atoms with van der Waals surface area (Å²) in [4.78, 5) is 16.6. The average molecular weight is 422 g/mol. The summed E-state index contributed by atoms with van der Waals surface area (Å²) < 4.78 is 7.55. The van der Waals surface area contributed by atoms with E-state index in [0.29, 0.717) is 29.8 Å². The molecule has 1 fully saturated rings. The van der Waals surface area contributed by atoms with E-state index >= 15 is 0 Å². The van der Waals surface area contributed by atoms with Crippen molar-refractivity contribution in [1.29, 1.82) is 0 Å². The lowest BCUT2D eigenvalue weighted by Gasteiger charge is -2.33. The molecule has 0 aromatic carbocycles. The summed E-state index contributed by atoms with van der Waals surface area (Å²) in [6.07, 6.45) is 10.4. The van der Waals surface area contributed by atoms with Crippen LogP contribution in [0.15, 0.2) is 36.9 Å². The molecule has 3 N–H and O–H groups in total. The molecule has 32 heavy (non-hydrogen) atoms. The Hall–Kier alpha value is -2.94. The van der Waals surface area contributed by atoms with Gasteiger partial charge in [-0.3, -0.25) is 0 Å². The maximum absolute atomic E-state index is 10.2. The molecule has 0 bridgehead atoms. The summed E-state index contributed by atoms with van der Waals surface area (Å²) in [5, 5.41) is 12.2. The number of aliphatic hydroxyl groups is 1. The Kier molecular flexibility index (Phi) is 4.96. The van der Waals surface area contributed by atoms with E-state index in [1.54, 1.807) is 6.20 Å². The van der Waals surface area contributed by atoms with Crippen molar-refractivity contribution in [2.24, 2.45) is 0 Å². The van der Waals surface area contributed by atoms with Gasteiger partial charge in [-0.25, -0.2) is 4.98 Å². The van der Waals surface area contributed by atoms with Gasteiger partial charge < -0.3 is 24.5 Å². The van der Waals surface area contributed by atoms with Gasteiger partial charge in [-0.1, -0.05) is 0 Å². The molecular weight excluding hydrogens is 401 g/mol. The van der Waals surface area contributed by atoms with Crippen LogP contribution < -0.4 is 10.1 Å².